The van der Waals surface area contributed by atoms with Gasteiger partial charge in [0.15, 0.2) is 0 Å². The van der Waals surface area contributed by atoms with Crippen molar-refractivity contribution in [1.82, 2.24) is 9.47 Å². The second-order valence-electron chi connectivity index (χ2n) is 5.48. The summed E-state index contributed by atoms with van der Waals surface area (Å²) >= 11 is 3.47. The minimum absolute atomic E-state index is 0.0908. The summed E-state index contributed by atoms with van der Waals surface area (Å²) < 4.78 is 8.38. The number of carbonyl (C=O) groups excluding carboxylic acids is 1. The van der Waals surface area contributed by atoms with E-state index in [4.69, 9.17) is 4.42 Å². The Morgan fingerprint density at radius 3 is 2.95 bits per heavy atom. The van der Waals surface area contributed by atoms with Crippen LogP contribution in [0.1, 0.15) is 42.4 Å². The van der Waals surface area contributed by atoms with E-state index in [0.717, 1.165) is 41.7 Å². The Morgan fingerprint density at radius 1 is 1.52 bits per heavy atom. The predicted octanol–water partition coefficient (Wildman–Crippen LogP) is 4.06. The lowest BCUT2D eigenvalue weighted by Gasteiger charge is -2.22. The summed E-state index contributed by atoms with van der Waals surface area (Å²) in [6, 6.07) is 6.05. The van der Waals surface area contributed by atoms with Crippen LogP contribution in [0.3, 0.4) is 0 Å². The third-order valence-corrected chi connectivity index (χ3v) is 4.14. The SMILES string of the molecule is CCCn1cc(Br)cc1C(=O)N(Cc1ccco1)C1CC1. The van der Waals surface area contributed by atoms with Gasteiger partial charge in [0.25, 0.3) is 5.91 Å². The molecule has 0 bridgehead atoms. The quantitative estimate of drug-likeness (QED) is 0.787. The van der Waals surface area contributed by atoms with E-state index in [1.54, 1.807) is 6.26 Å². The second-order valence-corrected chi connectivity index (χ2v) is 6.40. The standard InChI is InChI=1S/C16H19BrN2O2/c1-2-7-18-10-12(17)9-15(18)16(20)19(13-5-6-13)11-14-4-3-8-21-14/h3-4,8-10,13H,2,5-7,11H2,1H3. The first-order valence-corrected chi connectivity index (χ1v) is 8.17. The van der Waals surface area contributed by atoms with Crippen LogP contribution in [0.4, 0.5) is 0 Å². The van der Waals surface area contributed by atoms with E-state index in [9.17, 15) is 4.79 Å². The zero-order valence-electron chi connectivity index (χ0n) is 12.1. The second kappa shape index (κ2) is 6.10. The lowest BCUT2D eigenvalue weighted by molar-refractivity contribution is 0.0706. The minimum atomic E-state index is 0.0908. The first-order chi connectivity index (χ1) is 10.2. The summed E-state index contributed by atoms with van der Waals surface area (Å²) in [4.78, 5) is 14.8. The van der Waals surface area contributed by atoms with Crippen LogP contribution in [0.15, 0.2) is 39.5 Å². The number of halogens is 1. The molecule has 2 heterocycles. The van der Waals surface area contributed by atoms with Crippen LogP contribution in [0, 0.1) is 0 Å². The van der Waals surface area contributed by atoms with Gasteiger partial charge >= 0.3 is 0 Å². The molecule has 1 saturated carbocycles. The molecule has 0 atom stereocenters. The van der Waals surface area contributed by atoms with Crippen molar-refractivity contribution < 1.29 is 9.21 Å². The molecule has 21 heavy (non-hydrogen) atoms. The third kappa shape index (κ3) is 3.23. The van der Waals surface area contributed by atoms with Gasteiger partial charge in [0.2, 0.25) is 0 Å². The van der Waals surface area contributed by atoms with E-state index in [2.05, 4.69) is 22.9 Å². The molecule has 4 nitrogen and oxygen atoms in total. The number of nitrogens with zero attached hydrogens (tertiary/aromatic N) is 2. The van der Waals surface area contributed by atoms with Crippen molar-refractivity contribution in [3.8, 4) is 0 Å². The molecule has 1 fully saturated rings. The number of rotatable bonds is 6. The summed E-state index contributed by atoms with van der Waals surface area (Å²) in [7, 11) is 0. The Balaban J connectivity index is 1.84. The number of amides is 1. The third-order valence-electron chi connectivity index (χ3n) is 3.70. The molecule has 3 rings (SSSR count). The van der Waals surface area contributed by atoms with Crippen molar-refractivity contribution in [2.45, 2.75) is 45.3 Å². The molecule has 0 N–H and O–H groups in total. The van der Waals surface area contributed by atoms with Crippen molar-refractivity contribution in [1.29, 1.82) is 0 Å². The average Bonchev–Trinajstić information content (AvgIpc) is 3.04. The van der Waals surface area contributed by atoms with Gasteiger partial charge in [-0.1, -0.05) is 6.92 Å². The number of carbonyl (C=O) groups is 1. The number of furan rings is 1. The van der Waals surface area contributed by atoms with Crippen LogP contribution in [-0.4, -0.2) is 21.4 Å². The van der Waals surface area contributed by atoms with Gasteiger partial charge in [-0.15, -0.1) is 0 Å². The number of aryl methyl sites for hydroxylation is 1. The summed E-state index contributed by atoms with van der Waals surface area (Å²) in [6.07, 6.45) is 6.81. The first-order valence-electron chi connectivity index (χ1n) is 7.38. The Bertz CT molecular complexity index is 614. The molecule has 0 saturated heterocycles. The van der Waals surface area contributed by atoms with Gasteiger partial charge in [0.05, 0.1) is 12.8 Å². The van der Waals surface area contributed by atoms with Gasteiger partial charge in [0.1, 0.15) is 11.5 Å². The molecule has 2 aromatic heterocycles. The number of hydrogen-bond donors (Lipinski definition) is 0. The number of aromatic nitrogens is 1. The van der Waals surface area contributed by atoms with Gasteiger partial charge in [-0.05, 0) is 53.4 Å². The summed E-state index contributed by atoms with van der Waals surface area (Å²) in [5.74, 6) is 0.927. The fourth-order valence-corrected chi connectivity index (χ4v) is 3.01. The van der Waals surface area contributed by atoms with Crippen LogP contribution >= 0.6 is 15.9 Å². The maximum absolute atomic E-state index is 12.9. The van der Waals surface area contributed by atoms with Crippen molar-refractivity contribution in [3.63, 3.8) is 0 Å². The van der Waals surface area contributed by atoms with Crippen molar-refractivity contribution in [3.05, 3.63) is 46.6 Å². The molecule has 5 heteroatoms. The molecule has 1 aliphatic carbocycles. The molecule has 0 aliphatic heterocycles. The maximum atomic E-state index is 12.9. The lowest BCUT2D eigenvalue weighted by Crippen LogP contribution is -2.33. The smallest absolute Gasteiger partial charge is 0.271 e. The first kappa shape index (κ1) is 14.4. The highest BCUT2D eigenvalue weighted by Crippen LogP contribution is 2.30. The van der Waals surface area contributed by atoms with Gasteiger partial charge < -0.3 is 13.9 Å². The molecule has 0 spiro atoms. The highest BCUT2D eigenvalue weighted by Gasteiger charge is 2.34. The number of hydrogen-bond acceptors (Lipinski definition) is 2. The summed E-state index contributed by atoms with van der Waals surface area (Å²) in [5, 5.41) is 0. The Hall–Kier alpha value is -1.49. The Morgan fingerprint density at radius 2 is 2.33 bits per heavy atom. The fourth-order valence-electron chi connectivity index (χ4n) is 2.55. The lowest BCUT2D eigenvalue weighted by atomic mass is 10.3. The summed E-state index contributed by atoms with van der Waals surface area (Å²) in [6.45, 7) is 3.51. The molecule has 0 radical (unpaired) electrons. The highest BCUT2D eigenvalue weighted by atomic mass is 79.9. The van der Waals surface area contributed by atoms with E-state index in [1.807, 2.05) is 33.9 Å². The van der Waals surface area contributed by atoms with Crippen molar-refractivity contribution in [2.24, 2.45) is 0 Å². The zero-order chi connectivity index (χ0) is 14.8. The Labute approximate surface area is 132 Å². The van der Waals surface area contributed by atoms with E-state index in [1.165, 1.54) is 0 Å². The van der Waals surface area contributed by atoms with Crippen molar-refractivity contribution >= 4 is 21.8 Å². The van der Waals surface area contributed by atoms with E-state index >= 15 is 0 Å². The van der Waals surface area contributed by atoms with Gasteiger partial charge in [-0.3, -0.25) is 4.79 Å². The van der Waals surface area contributed by atoms with Gasteiger partial charge in [0, 0.05) is 23.3 Å². The molecule has 1 amide bonds. The Kier molecular flexibility index (Phi) is 4.19. The van der Waals surface area contributed by atoms with E-state index < -0.39 is 0 Å². The fraction of sp³-hybridized carbons (Fsp3) is 0.438. The van der Waals surface area contributed by atoms with Crippen molar-refractivity contribution in [2.75, 3.05) is 0 Å². The topological polar surface area (TPSA) is 38.4 Å². The molecule has 1 aliphatic rings. The molecular formula is C16H19BrN2O2. The van der Waals surface area contributed by atoms with E-state index in [-0.39, 0.29) is 5.91 Å². The minimum Gasteiger partial charge on any atom is -0.467 e. The maximum Gasteiger partial charge on any atom is 0.271 e. The molecular weight excluding hydrogens is 332 g/mol. The monoisotopic (exact) mass is 350 g/mol. The van der Waals surface area contributed by atoms with Gasteiger partial charge in [-0.2, -0.15) is 0 Å². The average molecular weight is 351 g/mol. The molecule has 0 unspecified atom stereocenters. The van der Waals surface area contributed by atoms with Crippen LogP contribution in [0.5, 0.6) is 0 Å². The molecule has 2 aromatic rings. The molecule has 0 aromatic carbocycles. The largest absolute Gasteiger partial charge is 0.467 e. The normalized spacial score (nSPS) is 14.4. The van der Waals surface area contributed by atoms with Crippen LogP contribution in [-0.2, 0) is 13.1 Å². The molecule has 112 valence electrons. The van der Waals surface area contributed by atoms with E-state index in [0.29, 0.717) is 12.6 Å². The summed E-state index contributed by atoms with van der Waals surface area (Å²) in [5.41, 5.74) is 0.752. The predicted molar refractivity (Wildman–Crippen MR) is 84.0 cm³/mol. The zero-order valence-corrected chi connectivity index (χ0v) is 13.7. The van der Waals surface area contributed by atoms with Crippen LogP contribution in [0.25, 0.3) is 0 Å². The highest BCUT2D eigenvalue weighted by molar-refractivity contribution is 9.10. The van der Waals surface area contributed by atoms with Crippen LogP contribution in [0.2, 0.25) is 0 Å². The van der Waals surface area contributed by atoms with Gasteiger partial charge in [-0.25, -0.2) is 0 Å². The van der Waals surface area contributed by atoms with Crippen LogP contribution < -0.4 is 0 Å².